The molecule has 0 saturated carbocycles. The van der Waals surface area contributed by atoms with E-state index in [0.29, 0.717) is 6.61 Å². The molecule has 0 spiro atoms. The van der Waals surface area contributed by atoms with Crippen LogP contribution in [0.2, 0.25) is 0 Å². The Balaban J connectivity index is 1.32. The van der Waals surface area contributed by atoms with Crippen LogP contribution in [0, 0.1) is 0 Å². The van der Waals surface area contributed by atoms with E-state index in [1.165, 1.54) is 17.4 Å². The second-order valence-electron chi connectivity index (χ2n) is 7.29. The number of piperazine rings is 1. The van der Waals surface area contributed by atoms with Gasteiger partial charge in [-0.1, -0.05) is 30.0 Å². The third-order valence-electron chi connectivity index (χ3n) is 5.14. The van der Waals surface area contributed by atoms with Crippen molar-refractivity contribution in [2.75, 3.05) is 53.7 Å². The number of carbonyl (C=O) groups is 1. The minimum Gasteiger partial charge on any atom is -0.494 e. The highest BCUT2D eigenvalue weighted by molar-refractivity contribution is 8.00. The van der Waals surface area contributed by atoms with Crippen LogP contribution in [0.4, 0.5) is 17.2 Å². The van der Waals surface area contributed by atoms with Gasteiger partial charge in [0.15, 0.2) is 5.82 Å². The molecule has 166 valence electrons. The number of anilines is 3. The van der Waals surface area contributed by atoms with Gasteiger partial charge in [0.2, 0.25) is 5.91 Å². The molecule has 1 saturated heterocycles. The van der Waals surface area contributed by atoms with E-state index in [4.69, 9.17) is 4.74 Å². The van der Waals surface area contributed by atoms with E-state index in [1.54, 1.807) is 12.4 Å². The number of aromatic nitrogens is 2. The lowest BCUT2D eigenvalue weighted by molar-refractivity contribution is -0.113. The Morgan fingerprint density at radius 1 is 0.969 bits per heavy atom. The van der Waals surface area contributed by atoms with Gasteiger partial charge in [-0.3, -0.25) is 4.79 Å². The van der Waals surface area contributed by atoms with Gasteiger partial charge in [-0.05, 0) is 43.3 Å². The molecule has 7 nitrogen and oxygen atoms in total. The van der Waals surface area contributed by atoms with Crippen molar-refractivity contribution < 1.29 is 9.53 Å². The highest BCUT2D eigenvalue weighted by Crippen LogP contribution is 2.27. The molecule has 1 aliphatic heterocycles. The molecule has 8 heteroatoms. The molecular formula is C24H27N5O2S. The third-order valence-corrected chi connectivity index (χ3v) is 6.10. The van der Waals surface area contributed by atoms with E-state index in [1.807, 2.05) is 37.3 Å². The summed E-state index contributed by atoms with van der Waals surface area (Å²) in [6.45, 7) is 6.12. The predicted molar refractivity (Wildman–Crippen MR) is 130 cm³/mol. The van der Waals surface area contributed by atoms with Crippen LogP contribution in [0.1, 0.15) is 6.92 Å². The molecule has 3 aromatic rings. The number of hydrogen-bond acceptors (Lipinski definition) is 7. The number of nitrogens with zero attached hydrogens (tertiary/aromatic N) is 4. The van der Waals surface area contributed by atoms with Crippen molar-refractivity contribution in [1.82, 2.24) is 9.97 Å². The predicted octanol–water partition coefficient (Wildman–Crippen LogP) is 3.93. The maximum absolute atomic E-state index is 12.5. The summed E-state index contributed by atoms with van der Waals surface area (Å²) >= 11 is 1.41. The lowest BCUT2D eigenvalue weighted by Gasteiger charge is -2.37. The quantitative estimate of drug-likeness (QED) is 0.523. The van der Waals surface area contributed by atoms with Gasteiger partial charge in [0, 0.05) is 49.9 Å². The second kappa shape index (κ2) is 10.9. The fourth-order valence-electron chi connectivity index (χ4n) is 3.58. The van der Waals surface area contributed by atoms with E-state index in [-0.39, 0.29) is 11.7 Å². The molecule has 1 aromatic heterocycles. The molecule has 0 unspecified atom stereocenters. The van der Waals surface area contributed by atoms with Gasteiger partial charge in [0.1, 0.15) is 10.8 Å². The minimum absolute atomic E-state index is 0.0790. The van der Waals surface area contributed by atoms with Crippen LogP contribution in [-0.4, -0.2) is 54.4 Å². The van der Waals surface area contributed by atoms with Crippen LogP contribution >= 0.6 is 11.8 Å². The van der Waals surface area contributed by atoms with Gasteiger partial charge in [0.05, 0.1) is 12.4 Å². The van der Waals surface area contributed by atoms with E-state index < -0.39 is 0 Å². The van der Waals surface area contributed by atoms with Gasteiger partial charge in [-0.25, -0.2) is 9.97 Å². The molecule has 4 rings (SSSR count). The van der Waals surface area contributed by atoms with Crippen LogP contribution in [0.25, 0.3) is 0 Å². The first-order chi connectivity index (χ1) is 15.7. The van der Waals surface area contributed by atoms with Crippen molar-refractivity contribution >= 4 is 34.9 Å². The Morgan fingerprint density at radius 3 is 2.38 bits per heavy atom. The maximum Gasteiger partial charge on any atom is 0.234 e. The number of benzene rings is 2. The number of amides is 1. The molecule has 1 fully saturated rings. The van der Waals surface area contributed by atoms with E-state index in [0.717, 1.165) is 48.5 Å². The van der Waals surface area contributed by atoms with Gasteiger partial charge < -0.3 is 19.9 Å². The Hall–Kier alpha value is -3.26. The van der Waals surface area contributed by atoms with Gasteiger partial charge in [-0.15, -0.1) is 0 Å². The summed E-state index contributed by atoms with van der Waals surface area (Å²) in [4.78, 5) is 26.1. The summed E-state index contributed by atoms with van der Waals surface area (Å²) in [7, 11) is 0. The molecule has 0 radical (unpaired) electrons. The summed E-state index contributed by atoms with van der Waals surface area (Å²) in [5.74, 6) is 1.82. The van der Waals surface area contributed by atoms with Crippen molar-refractivity contribution in [3.05, 3.63) is 67.0 Å². The summed E-state index contributed by atoms with van der Waals surface area (Å²) in [6, 6.07) is 17.8. The number of nitrogens with one attached hydrogen (secondary N) is 1. The fourth-order valence-corrected chi connectivity index (χ4v) is 4.37. The van der Waals surface area contributed by atoms with Crippen molar-refractivity contribution in [3.63, 3.8) is 0 Å². The summed E-state index contributed by atoms with van der Waals surface area (Å²) in [5.41, 5.74) is 1.99. The van der Waals surface area contributed by atoms with Crippen molar-refractivity contribution in [2.45, 2.75) is 11.9 Å². The van der Waals surface area contributed by atoms with Gasteiger partial charge >= 0.3 is 0 Å². The van der Waals surface area contributed by atoms with E-state index >= 15 is 0 Å². The van der Waals surface area contributed by atoms with E-state index in [9.17, 15) is 4.79 Å². The Bertz CT molecular complexity index is 1010. The number of rotatable bonds is 8. The molecule has 1 aliphatic rings. The molecule has 2 aromatic carbocycles. The molecule has 1 N–H and O–H groups in total. The van der Waals surface area contributed by atoms with Crippen LogP contribution in [0.15, 0.2) is 72.0 Å². The number of para-hydroxylation sites is 1. The number of hydrogen-bond donors (Lipinski definition) is 1. The lowest BCUT2D eigenvalue weighted by atomic mass is 10.2. The van der Waals surface area contributed by atoms with Crippen LogP contribution in [0.5, 0.6) is 5.75 Å². The molecule has 0 aliphatic carbocycles. The zero-order valence-electron chi connectivity index (χ0n) is 18.1. The summed E-state index contributed by atoms with van der Waals surface area (Å²) in [6.07, 6.45) is 3.39. The molecule has 32 heavy (non-hydrogen) atoms. The Kier molecular flexibility index (Phi) is 7.45. The number of ether oxygens (including phenoxy) is 1. The maximum atomic E-state index is 12.5. The monoisotopic (exact) mass is 449 g/mol. The van der Waals surface area contributed by atoms with Gasteiger partial charge in [-0.2, -0.15) is 0 Å². The first-order valence-corrected chi connectivity index (χ1v) is 11.7. The largest absolute Gasteiger partial charge is 0.494 e. The lowest BCUT2D eigenvalue weighted by Crippen LogP contribution is -2.47. The first kappa shape index (κ1) is 22.0. The standard InChI is InChI=1S/C24H27N5O2S/c1-2-31-21-10-8-19(9-11-21)27-22(30)18-32-24-23(25-12-13-26-24)29-16-14-28(15-17-29)20-6-4-3-5-7-20/h3-13H,2,14-18H2,1H3,(H,27,30). The second-order valence-corrected chi connectivity index (χ2v) is 8.25. The van der Waals surface area contributed by atoms with E-state index in [2.05, 4.69) is 49.4 Å². The zero-order chi connectivity index (χ0) is 22.2. The number of carbonyl (C=O) groups excluding carboxylic acids is 1. The molecule has 1 amide bonds. The highest BCUT2D eigenvalue weighted by atomic mass is 32.2. The van der Waals surface area contributed by atoms with Crippen LogP contribution < -0.4 is 19.9 Å². The molecule has 0 atom stereocenters. The smallest absolute Gasteiger partial charge is 0.234 e. The Morgan fingerprint density at radius 2 is 1.66 bits per heavy atom. The zero-order valence-corrected chi connectivity index (χ0v) is 18.9. The molecule has 2 heterocycles. The minimum atomic E-state index is -0.0790. The average molecular weight is 450 g/mol. The third kappa shape index (κ3) is 5.70. The average Bonchev–Trinajstić information content (AvgIpc) is 2.85. The fraction of sp³-hybridized carbons (Fsp3) is 0.292. The first-order valence-electron chi connectivity index (χ1n) is 10.7. The molecular weight excluding hydrogens is 422 g/mol. The SMILES string of the molecule is CCOc1ccc(NC(=O)CSc2nccnc2N2CCN(c3ccccc3)CC2)cc1. The number of thioether (sulfide) groups is 1. The summed E-state index contributed by atoms with van der Waals surface area (Å²) in [5, 5.41) is 3.70. The Labute approximate surface area is 192 Å². The normalized spacial score (nSPS) is 13.7. The van der Waals surface area contributed by atoms with Crippen LogP contribution in [-0.2, 0) is 4.79 Å². The van der Waals surface area contributed by atoms with Crippen molar-refractivity contribution in [3.8, 4) is 5.75 Å². The van der Waals surface area contributed by atoms with Gasteiger partial charge in [0.25, 0.3) is 0 Å². The highest BCUT2D eigenvalue weighted by Gasteiger charge is 2.21. The van der Waals surface area contributed by atoms with Crippen molar-refractivity contribution in [1.29, 1.82) is 0 Å². The van der Waals surface area contributed by atoms with Crippen LogP contribution in [0.3, 0.4) is 0 Å². The van der Waals surface area contributed by atoms with Crippen molar-refractivity contribution in [2.24, 2.45) is 0 Å². The molecule has 0 bridgehead atoms. The summed E-state index contributed by atoms with van der Waals surface area (Å²) < 4.78 is 5.43. The topological polar surface area (TPSA) is 70.6 Å².